The highest BCUT2D eigenvalue weighted by Crippen LogP contribution is 2.67. The number of benzene rings is 1. The van der Waals surface area contributed by atoms with Gasteiger partial charge in [0.15, 0.2) is 0 Å². The van der Waals surface area contributed by atoms with Crippen molar-refractivity contribution >= 4 is 68.1 Å². The Hall–Kier alpha value is -0.470. The lowest BCUT2D eigenvalue weighted by Crippen LogP contribution is -2.65. The third kappa shape index (κ3) is 1.53. The van der Waals surface area contributed by atoms with Gasteiger partial charge in [0.2, 0.25) is 0 Å². The fraction of sp³-hybridized carbons (Fsp3) is 0.417. The van der Waals surface area contributed by atoms with Crippen molar-refractivity contribution in [1.29, 1.82) is 0 Å². The topological polar surface area (TPSA) is 43.1 Å². The lowest BCUT2D eigenvalue weighted by molar-refractivity contribution is -0.128. The Morgan fingerprint density at radius 1 is 1.14 bits per heavy atom. The molecule has 92 valence electrons. The first-order valence-electron chi connectivity index (χ1n) is 6.52. The minimum atomic E-state index is -2.00. The first-order chi connectivity index (χ1) is 9.50. The van der Waals surface area contributed by atoms with E-state index in [-0.39, 0.29) is 6.42 Å². The van der Waals surface area contributed by atoms with Gasteiger partial charge in [0, 0.05) is 0 Å². The molecule has 3 rings (SSSR count). The van der Waals surface area contributed by atoms with Crippen LogP contribution in [0.25, 0.3) is 0 Å². The standard InChI is InChI=1S/C12H8B6ClNO/c13-9(14)5-10(15)11(20,8(21)12(9,16)17)6-3-1-2-4-7(6)18(10)19/h1-4H,5,20H2. The minimum Gasteiger partial charge on any atom is -0.316 e. The van der Waals surface area contributed by atoms with Crippen molar-refractivity contribution < 1.29 is 4.79 Å². The van der Waals surface area contributed by atoms with Crippen LogP contribution in [0.2, 0.25) is 15.6 Å². The predicted octanol–water partition coefficient (Wildman–Crippen LogP) is -0.963. The van der Waals surface area contributed by atoms with Crippen molar-refractivity contribution in [2.24, 2.45) is 5.73 Å². The maximum atomic E-state index is 12.9. The summed E-state index contributed by atoms with van der Waals surface area (Å²) in [6, 6.07) is 7.01. The van der Waals surface area contributed by atoms with Gasteiger partial charge in [-0.15, -0.1) is 5.21 Å². The zero-order valence-electron chi connectivity index (χ0n) is 11.3. The second-order valence-corrected chi connectivity index (χ2v) is 6.65. The average Bonchev–Trinajstić information content (AvgIpc) is 2.57. The largest absolute Gasteiger partial charge is 0.316 e. The van der Waals surface area contributed by atoms with Crippen LogP contribution in [0.3, 0.4) is 0 Å². The van der Waals surface area contributed by atoms with Crippen LogP contribution in [0.4, 0.5) is 0 Å². The van der Waals surface area contributed by atoms with Crippen molar-refractivity contribution in [3.8, 4) is 0 Å². The molecular weight excluding hydrogens is 274 g/mol. The van der Waals surface area contributed by atoms with Crippen molar-refractivity contribution in [2.75, 3.05) is 0 Å². The number of fused-ring (bicyclic) bond motifs is 3. The fourth-order valence-corrected chi connectivity index (χ4v) is 3.98. The molecule has 1 aromatic carbocycles. The van der Waals surface area contributed by atoms with Gasteiger partial charge in [0.25, 0.3) is 6.13 Å². The summed E-state index contributed by atoms with van der Waals surface area (Å²) >= 11 is 6.48. The lowest BCUT2D eigenvalue weighted by Gasteiger charge is -2.60. The molecule has 1 saturated carbocycles. The summed E-state index contributed by atoms with van der Waals surface area (Å²) in [5.41, 5.74) is 5.98. The van der Waals surface area contributed by atoms with E-state index < -0.39 is 33.1 Å². The van der Waals surface area contributed by atoms with Crippen molar-refractivity contribution in [2.45, 2.75) is 27.6 Å². The Labute approximate surface area is 136 Å². The number of carbonyl (C=O) groups excluding carboxylic acids is 1. The van der Waals surface area contributed by atoms with Crippen LogP contribution >= 0.6 is 11.5 Å². The van der Waals surface area contributed by atoms with E-state index in [0.717, 1.165) is 0 Å². The Morgan fingerprint density at radius 3 is 2.33 bits per heavy atom. The van der Waals surface area contributed by atoms with Gasteiger partial charge in [-0.1, -0.05) is 41.4 Å². The van der Waals surface area contributed by atoms with Crippen LogP contribution in [0.1, 0.15) is 12.0 Å². The zero-order chi connectivity index (χ0) is 15.8. The van der Waals surface area contributed by atoms with Gasteiger partial charge in [0.05, 0.1) is 44.8 Å². The van der Waals surface area contributed by atoms with Crippen LogP contribution < -0.4 is 11.2 Å². The predicted molar refractivity (Wildman–Crippen MR) is 90.0 cm³/mol. The minimum absolute atomic E-state index is 0.0852. The number of carbonyl (C=O) groups is 1. The molecular formula is C12H8B6ClNO. The normalized spacial score (nSPS) is 36.1. The van der Waals surface area contributed by atoms with Gasteiger partial charge >= 0.3 is 0 Å². The van der Waals surface area contributed by atoms with Crippen molar-refractivity contribution in [1.82, 2.24) is 0 Å². The summed E-state index contributed by atoms with van der Waals surface area (Å²) in [4.78, 5) is 12.9. The summed E-state index contributed by atoms with van der Waals surface area (Å²) in [5, 5.41) is -5.07. The molecule has 0 aromatic heterocycles. The Morgan fingerprint density at radius 2 is 1.71 bits per heavy atom. The summed E-state index contributed by atoms with van der Waals surface area (Å²) in [5.74, 6) is -0.704. The third-order valence-corrected chi connectivity index (χ3v) is 5.56. The van der Waals surface area contributed by atoms with Crippen LogP contribution in [-0.2, 0) is 10.3 Å². The number of hydrogen-bond acceptors (Lipinski definition) is 2. The Bertz CT molecular complexity index is 652. The van der Waals surface area contributed by atoms with Crippen LogP contribution in [0, 0.1) is 0 Å². The summed E-state index contributed by atoms with van der Waals surface area (Å²) in [6.07, 6.45) is -0.803. The van der Waals surface area contributed by atoms with Gasteiger partial charge in [-0.05, 0) is 10.8 Å². The molecule has 1 heterocycles. The molecule has 1 aliphatic heterocycles. The van der Waals surface area contributed by atoms with Gasteiger partial charge < -0.3 is 5.73 Å². The molecule has 2 nitrogen and oxygen atoms in total. The van der Waals surface area contributed by atoms with Crippen LogP contribution in [-0.4, -0.2) is 51.1 Å². The molecule has 2 unspecified atom stereocenters. The molecule has 10 radical (unpaired) electrons. The highest BCUT2D eigenvalue weighted by molar-refractivity contribution is 7.19. The fourth-order valence-electron chi connectivity index (χ4n) is 3.54. The molecule has 1 aromatic rings. The number of halogens is 1. The van der Waals surface area contributed by atoms with E-state index in [4.69, 9.17) is 56.4 Å². The summed E-state index contributed by atoms with van der Waals surface area (Å²) in [6.45, 7) is 0. The van der Waals surface area contributed by atoms with Crippen LogP contribution in [0.5, 0.6) is 0 Å². The molecule has 9 heteroatoms. The second kappa shape index (κ2) is 4.08. The summed E-state index contributed by atoms with van der Waals surface area (Å²) in [7, 11) is 30.1. The second-order valence-electron chi connectivity index (χ2n) is 6.21. The zero-order valence-corrected chi connectivity index (χ0v) is 12.1. The molecule has 0 bridgehead atoms. The molecule has 2 N–H and O–H groups in total. The van der Waals surface area contributed by atoms with Crippen molar-refractivity contribution in [3.63, 3.8) is 0 Å². The first kappa shape index (κ1) is 15.4. The SMILES string of the molecule is [B]C1([B])CC2([B])B(Cl)c3ccccc3C2(N)C(=O)C1([B])[B]. The highest BCUT2D eigenvalue weighted by atomic mass is 35.5. The molecule has 0 saturated heterocycles. The third-order valence-electron chi connectivity index (χ3n) is 4.93. The van der Waals surface area contributed by atoms with E-state index in [2.05, 4.69) is 0 Å². The number of ketones is 1. The molecule has 2 atom stereocenters. The van der Waals surface area contributed by atoms with E-state index in [1.165, 1.54) is 0 Å². The average molecular weight is 283 g/mol. The van der Waals surface area contributed by atoms with Crippen molar-refractivity contribution in [3.05, 3.63) is 29.8 Å². The quantitative estimate of drug-likeness (QED) is 0.623. The molecule has 0 amide bonds. The van der Waals surface area contributed by atoms with E-state index in [9.17, 15) is 4.79 Å². The number of nitrogens with two attached hydrogens (primary N) is 1. The number of Topliss-reactive ketones (excluding diaryl/α,β-unsaturated/α-hetero) is 1. The van der Waals surface area contributed by atoms with E-state index in [0.29, 0.717) is 11.0 Å². The maximum Gasteiger partial charge on any atom is 0.283 e. The maximum absolute atomic E-state index is 12.9. The Balaban J connectivity index is 2.32. The smallest absolute Gasteiger partial charge is 0.283 e. The first-order valence-corrected chi connectivity index (χ1v) is 6.95. The molecule has 1 aliphatic carbocycles. The summed E-state index contributed by atoms with van der Waals surface area (Å²) < 4.78 is 0. The molecule has 1 fully saturated rings. The highest BCUT2D eigenvalue weighted by Gasteiger charge is 2.69. The monoisotopic (exact) mass is 283 g/mol. The van der Waals surface area contributed by atoms with Gasteiger partial charge in [0.1, 0.15) is 5.78 Å². The lowest BCUT2D eigenvalue weighted by atomic mass is 9.17. The van der Waals surface area contributed by atoms with E-state index in [1.807, 2.05) is 0 Å². The Kier molecular flexibility index (Phi) is 3.00. The van der Waals surface area contributed by atoms with Gasteiger partial charge in [-0.2, -0.15) is 11.5 Å². The molecule has 2 aliphatic rings. The van der Waals surface area contributed by atoms with E-state index in [1.54, 1.807) is 24.3 Å². The van der Waals surface area contributed by atoms with Gasteiger partial charge in [-0.3, -0.25) is 4.79 Å². The number of hydrogen-bond donors (Lipinski definition) is 1. The van der Waals surface area contributed by atoms with Gasteiger partial charge in [-0.25, -0.2) is 0 Å². The molecule has 21 heavy (non-hydrogen) atoms. The van der Waals surface area contributed by atoms with E-state index >= 15 is 0 Å². The number of rotatable bonds is 0. The van der Waals surface area contributed by atoms with Crippen LogP contribution in [0.15, 0.2) is 24.3 Å². The molecule has 0 spiro atoms.